The first-order valence-corrected chi connectivity index (χ1v) is 7.46. The third-order valence-corrected chi connectivity index (χ3v) is 4.29. The van der Waals surface area contributed by atoms with Gasteiger partial charge in [-0.05, 0) is 59.7 Å². The second-order valence-electron chi connectivity index (χ2n) is 4.81. The fourth-order valence-electron chi connectivity index (χ4n) is 2.47. The van der Waals surface area contributed by atoms with Gasteiger partial charge in [0.25, 0.3) is 5.91 Å². The van der Waals surface area contributed by atoms with Crippen molar-refractivity contribution in [2.45, 2.75) is 31.7 Å². The second kappa shape index (κ2) is 6.52. The van der Waals surface area contributed by atoms with Crippen LogP contribution in [-0.2, 0) is 0 Å². The first-order chi connectivity index (χ1) is 8.70. The van der Waals surface area contributed by atoms with Gasteiger partial charge in [0.05, 0.1) is 0 Å². The summed E-state index contributed by atoms with van der Waals surface area (Å²) in [5, 5.41) is 12.4. The molecule has 2 N–H and O–H groups in total. The SMILES string of the molecule is O=C(NC1CCCCC1CO)c1ccc(I)cc1. The van der Waals surface area contributed by atoms with Gasteiger partial charge in [0.2, 0.25) is 0 Å². The lowest BCUT2D eigenvalue weighted by atomic mass is 9.85. The molecule has 0 aliphatic heterocycles. The number of benzene rings is 1. The summed E-state index contributed by atoms with van der Waals surface area (Å²) in [5.41, 5.74) is 0.692. The van der Waals surface area contributed by atoms with Crippen LogP contribution in [-0.4, -0.2) is 23.7 Å². The molecule has 0 heterocycles. The molecule has 0 bridgehead atoms. The van der Waals surface area contributed by atoms with Crippen LogP contribution in [0, 0.1) is 9.49 Å². The summed E-state index contributed by atoms with van der Waals surface area (Å²) >= 11 is 2.22. The fraction of sp³-hybridized carbons (Fsp3) is 0.500. The Bertz CT molecular complexity index is 405. The van der Waals surface area contributed by atoms with Crippen LogP contribution in [0.1, 0.15) is 36.0 Å². The number of halogens is 1. The van der Waals surface area contributed by atoms with Crippen molar-refractivity contribution in [3.8, 4) is 0 Å². The summed E-state index contributed by atoms with van der Waals surface area (Å²) in [5.74, 6) is 0.184. The van der Waals surface area contributed by atoms with Gasteiger partial charge in [0.15, 0.2) is 0 Å². The first-order valence-electron chi connectivity index (χ1n) is 6.38. The molecule has 98 valence electrons. The van der Waals surface area contributed by atoms with E-state index in [1.165, 1.54) is 0 Å². The molecule has 1 amide bonds. The van der Waals surface area contributed by atoms with Crippen LogP contribution in [0.2, 0.25) is 0 Å². The lowest BCUT2D eigenvalue weighted by molar-refractivity contribution is 0.0872. The van der Waals surface area contributed by atoms with Crippen molar-refractivity contribution in [3.05, 3.63) is 33.4 Å². The highest BCUT2D eigenvalue weighted by atomic mass is 127. The van der Waals surface area contributed by atoms with Crippen LogP contribution in [0.25, 0.3) is 0 Å². The maximum absolute atomic E-state index is 12.1. The molecule has 2 atom stereocenters. The molecular formula is C14H18INO2. The zero-order chi connectivity index (χ0) is 13.0. The van der Waals surface area contributed by atoms with E-state index >= 15 is 0 Å². The summed E-state index contributed by atoms with van der Waals surface area (Å²) in [6, 6.07) is 7.66. The van der Waals surface area contributed by atoms with E-state index in [-0.39, 0.29) is 24.5 Å². The second-order valence-corrected chi connectivity index (χ2v) is 6.06. The van der Waals surface area contributed by atoms with Crippen molar-refractivity contribution in [2.24, 2.45) is 5.92 Å². The van der Waals surface area contributed by atoms with Crippen LogP contribution >= 0.6 is 22.6 Å². The summed E-state index contributed by atoms with van der Waals surface area (Å²) in [6.45, 7) is 0.164. The summed E-state index contributed by atoms with van der Waals surface area (Å²) in [7, 11) is 0. The van der Waals surface area contributed by atoms with E-state index in [0.29, 0.717) is 5.56 Å². The summed E-state index contributed by atoms with van der Waals surface area (Å²) in [4.78, 5) is 12.1. The molecule has 1 aromatic rings. The van der Waals surface area contributed by atoms with Gasteiger partial charge in [-0.1, -0.05) is 12.8 Å². The lowest BCUT2D eigenvalue weighted by Gasteiger charge is -2.30. The topological polar surface area (TPSA) is 49.3 Å². The van der Waals surface area contributed by atoms with Gasteiger partial charge < -0.3 is 10.4 Å². The zero-order valence-electron chi connectivity index (χ0n) is 10.2. The van der Waals surface area contributed by atoms with Crippen LogP contribution in [0.3, 0.4) is 0 Å². The summed E-state index contributed by atoms with van der Waals surface area (Å²) in [6.07, 6.45) is 4.27. The zero-order valence-corrected chi connectivity index (χ0v) is 12.4. The van der Waals surface area contributed by atoms with Crippen molar-refractivity contribution in [3.63, 3.8) is 0 Å². The smallest absolute Gasteiger partial charge is 0.251 e. The molecule has 1 fully saturated rings. The molecule has 2 rings (SSSR count). The monoisotopic (exact) mass is 359 g/mol. The Morgan fingerprint density at radius 1 is 1.28 bits per heavy atom. The number of hydrogen-bond acceptors (Lipinski definition) is 2. The highest BCUT2D eigenvalue weighted by Crippen LogP contribution is 2.24. The molecule has 1 aliphatic carbocycles. The third kappa shape index (κ3) is 3.45. The molecular weight excluding hydrogens is 341 g/mol. The first kappa shape index (κ1) is 13.8. The molecule has 4 heteroatoms. The van der Waals surface area contributed by atoms with Crippen molar-refractivity contribution in [1.82, 2.24) is 5.32 Å². The van der Waals surface area contributed by atoms with E-state index in [4.69, 9.17) is 0 Å². The standard InChI is InChI=1S/C14H18INO2/c15-12-7-5-10(6-8-12)14(18)16-13-4-2-1-3-11(13)9-17/h5-8,11,13,17H,1-4,9H2,(H,16,18). The number of carbonyl (C=O) groups is 1. The fourth-order valence-corrected chi connectivity index (χ4v) is 2.83. The van der Waals surface area contributed by atoms with E-state index in [1.807, 2.05) is 24.3 Å². The van der Waals surface area contributed by atoms with E-state index in [9.17, 15) is 9.90 Å². The normalized spacial score (nSPS) is 23.7. The number of aliphatic hydroxyl groups excluding tert-OH is 1. The minimum absolute atomic E-state index is 0.0308. The number of amides is 1. The Morgan fingerprint density at radius 2 is 1.94 bits per heavy atom. The van der Waals surface area contributed by atoms with Gasteiger partial charge in [-0.25, -0.2) is 0 Å². The Morgan fingerprint density at radius 3 is 2.61 bits per heavy atom. The average molecular weight is 359 g/mol. The summed E-state index contributed by atoms with van der Waals surface area (Å²) < 4.78 is 1.12. The molecule has 0 saturated heterocycles. The highest BCUT2D eigenvalue weighted by molar-refractivity contribution is 14.1. The van der Waals surface area contributed by atoms with Crippen molar-refractivity contribution >= 4 is 28.5 Å². The molecule has 0 aromatic heterocycles. The van der Waals surface area contributed by atoms with E-state index < -0.39 is 0 Å². The van der Waals surface area contributed by atoms with Crippen LogP contribution < -0.4 is 5.32 Å². The van der Waals surface area contributed by atoms with Gasteiger partial charge in [-0.3, -0.25) is 4.79 Å². The predicted octanol–water partition coefficient (Wildman–Crippen LogP) is 2.57. The predicted molar refractivity (Wildman–Crippen MR) is 79.5 cm³/mol. The maximum Gasteiger partial charge on any atom is 0.251 e. The number of carbonyl (C=O) groups excluding carboxylic acids is 1. The van der Waals surface area contributed by atoms with Crippen molar-refractivity contribution in [1.29, 1.82) is 0 Å². The van der Waals surface area contributed by atoms with Gasteiger partial charge >= 0.3 is 0 Å². The molecule has 0 spiro atoms. The van der Waals surface area contributed by atoms with Crippen LogP contribution in [0.5, 0.6) is 0 Å². The number of nitrogens with one attached hydrogen (secondary N) is 1. The molecule has 3 nitrogen and oxygen atoms in total. The van der Waals surface area contributed by atoms with Crippen molar-refractivity contribution < 1.29 is 9.90 Å². The maximum atomic E-state index is 12.1. The minimum atomic E-state index is -0.0308. The van der Waals surface area contributed by atoms with E-state index in [2.05, 4.69) is 27.9 Å². The van der Waals surface area contributed by atoms with Gasteiger partial charge in [0, 0.05) is 27.7 Å². The quantitative estimate of drug-likeness (QED) is 0.815. The Hall–Kier alpha value is -0.620. The number of rotatable bonds is 3. The Kier molecular flexibility index (Phi) is 5.00. The van der Waals surface area contributed by atoms with E-state index in [0.717, 1.165) is 29.3 Å². The highest BCUT2D eigenvalue weighted by Gasteiger charge is 2.25. The van der Waals surface area contributed by atoms with Crippen LogP contribution in [0.4, 0.5) is 0 Å². The average Bonchev–Trinajstić information content (AvgIpc) is 2.40. The van der Waals surface area contributed by atoms with Crippen molar-refractivity contribution in [2.75, 3.05) is 6.61 Å². The largest absolute Gasteiger partial charge is 0.396 e. The molecule has 18 heavy (non-hydrogen) atoms. The number of aliphatic hydroxyl groups is 1. The Labute approximate surface area is 121 Å². The van der Waals surface area contributed by atoms with Gasteiger partial charge in [0.1, 0.15) is 0 Å². The molecule has 1 aromatic carbocycles. The van der Waals surface area contributed by atoms with Crippen LogP contribution in [0.15, 0.2) is 24.3 Å². The third-order valence-electron chi connectivity index (χ3n) is 3.57. The molecule has 1 aliphatic rings. The van der Waals surface area contributed by atoms with Gasteiger partial charge in [-0.15, -0.1) is 0 Å². The Balaban J connectivity index is 1.99. The molecule has 1 saturated carbocycles. The molecule has 0 radical (unpaired) electrons. The number of hydrogen-bond donors (Lipinski definition) is 2. The molecule has 2 unspecified atom stereocenters. The van der Waals surface area contributed by atoms with Gasteiger partial charge in [-0.2, -0.15) is 0 Å². The minimum Gasteiger partial charge on any atom is -0.396 e. The van der Waals surface area contributed by atoms with E-state index in [1.54, 1.807) is 0 Å². The lowest BCUT2D eigenvalue weighted by Crippen LogP contribution is -2.43.